The van der Waals surface area contributed by atoms with E-state index in [0.717, 1.165) is 41.5 Å². The number of carbonyl (C=O) groups excluding carboxylic acids is 1. The van der Waals surface area contributed by atoms with Crippen LogP contribution in [0.1, 0.15) is 39.4 Å². The van der Waals surface area contributed by atoms with Crippen molar-refractivity contribution in [2.24, 2.45) is 0 Å². The van der Waals surface area contributed by atoms with Crippen molar-refractivity contribution in [3.8, 4) is 0 Å². The molecule has 0 amide bonds. The van der Waals surface area contributed by atoms with Crippen molar-refractivity contribution < 1.29 is 9.21 Å². The molecule has 0 radical (unpaired) electrons. The second-order valence-corrected chi connectivity index (χ2v) is 9.88. The van der Waals surface area contributed by atoms with E-state index in [9.17, 15) is 9.59 Å². The number of aromatic nitrogens is 2. The molecule has 0 saturated heterocycles. The predicted octanol–water partition coefficient (Wildman–Crippen LogP) is 5.61. The predicted molar refractivity (Wildman–Crippen MR) is 125 cm³/mol. The number of rotatable bonds is 6. The van der Waals surface area contributed by atoms with E-state index in [4.69, 9.17) is 21.0 Å². The number of ketones is 1. The van der Waals surface area contributed by atoms with Gasteiger partial charge in [-0.3, -0.25) is 14.2 Å². The molecule has 0 spiro atoms. The van der Waals surface area contributed by atoms with E-state index in [0.29, 0.717) is 21.5 Å². The van der Waals surface area contributed by atoms with Crippen molar-refractivity contribution in [2.75, 3.05) is 5.75 Å². The van der Waals surface area contributed by atoms with Gasteiger partial charge in [0.2, 0.25) is 0 Å². The molecule has 0 saturated carbocycles. The number of nitrogens with zero attached hydrogens (tertiary/aromatic N) is 2. The number of thiophene rings is 1. The third-order valence-corrected chi connectivity index (χ3v) is 7.93. The second kappa shape index (κ2) is 8.65. The first kappa shape index (κ1) is 20.5. The number of fused-ring (bicyclic) bond motifs is 3. The summed E-state index contributed by atoms with van der Waals surface area (Å²) in [5.74, 6) is 0.719. The van der Waals surface area contributed by atoms with E-state index in [1.54, 1.807) is 52.5 Å². The second-order valence-electron chi connectivity index (χ2n) is 7.45. The Bertz CT molecular complexity index is 1320. The van der Waals surface area contributed by atoms with Crippen LogP contribution in [0.3, 0.4) is 0 Å². The molecule has 31 heavy (non-hydrogen) atoms. The van der Waals surface area contributed by atoms with Crippen LogP contribution < -0.4 is 5.56 Å². The van der Waals surface area contributed by atoms with E-state index in [1.165, 1.54) is 16.6 Å². The Hall–Kier alpha value is -2.35. The number of benzene rings is 1. The summed E-state index contributed by atoms with van der Waals surface area (Å²) in [7, 11) is 0. The van der Waals surface area contributed by atoms with Gasteiger partial charge in [0, 0.05) is 10.4 Å². The number of Topliss-reactive ketones (excluding diaryl/α,β-unsaturated/α-hetero) is 1. The van der Waals surface area contributed by atoms with Gasteiger partial charge in [0.25, 0.3) is 5.56 Å². The van der Waals surface area contributed by atoms with Crippen LogP contribution in [0, 0.1) is 0 Å². The van der Waals surface area contributed by atoms with Gasteiger partial charge in [-0.2, -0.15) is 0 Å². The number of furan rings is 1. The topological polar surface area (TPSA) is 65.1 Å². The molecule has 1 aromatic carbocycles. The minimum absolute atomic E-state index is 0.0616. The van der Waals surface area contributed by atoms with Gasteiger partial charge >= 0.3 is 0 Å². The lowest BCUT2D eigenvalue weighted by atomic mass is 9.97. The minimum atomic E-state index is -0.0973. The van der Waals surface area contributed by atoms with Gasteiger partial charge in [0.1, 0.15) is 10.6 Å². The van der Waals surface area contributed by atoms with E-state index in [2.05, 4.69) is 0 Å². The summed E-state index contributed by atoms with van der Waals surface area (Å²) in [6, 6.07) is 10.6. The first-order valence-corrected chi connectivity index (χ1v) is 12.3. The van der Waals surface area contributed by atoms with Crippen LogP contribution in [0.15, 0.2) is 57.0 Å². The fourth-order valence-corrected chi connectivity index (χ4v) is 6.35. The molecule has 1 aliphatic rings. The molecule has 0 fully saturated rings. The highest BCUT2D eigenvalue weighted by Crippen LogP contribution is 2.35. The maximum Gasteiger partial charge on any atom is 0.263 e. The summed E-state index contributed by atoms with van der Waals surface area (Å²) >= 11 is 9.05. The van der Waals surface area contributed by atoms with Crippen LogP contribution >= 0.6 is 34.7 Å². The summed E-state index contributed by atoms with van der Waals surface area (Å²) in [5, 5.41) is 1.68. The van der Waals surface area contributed by atoms with Gasteiger partial charge in [0.15, 0.2) is 10.9 Å². The summed E-state index contributed by atoms with van der Waals surface area (Å²) in [5.41, 5.74) is 1.57. The average molecular weight is 471 g/mol. The quantitative estimate of drug-likeness (QED) is 0.208. The zero-order valence-corrected chi connectivity index (χ0v) is 19.0. The van der Waals surface area contributed by atoms with E-state index in [-0.39, 0.29) is 23.6 Å². The zero-order chi connectivity index (χ0) is 21.4. The van der Waals surface area contributed by atoms with Gasteiger partial charge in [-0.1, -0.05) is 35.5 Å². The van der Waals surface area contributed by atoms with Crippen molar-refractivity contribution in [1.82, 2.24) is 9.55 Å². The van der Waals surface area contributed by atoms with Gasteiger partial charge in [-0.15, -0.1) is 11.3 Å². The first-order valence-electron chi connectivity index (χ1n) is 10.1. The smallest absolute Gasteiger partial charge is 0.263 e. The van der Waals surface area contributed by atoms with Crippen molar-refractivity contribution >= 4 is 50.7 Å². The van der Waals surface area contributed by atoms with E-state index >= 15 is 0 Å². The monoisotopic (exact) mass is 470 g/mol. The maximum atomic E-state index is 13.5. The zero-order valence-electron chi connectivity index (χ0n) is 16.6. The fourth-order valence-electron chi connectivity index (χ4n) is 3.92. The Balaban J connectivity index is 1.55. The molecule has 3 aromatic heterocycles. The Morgan fingerprint density at radius 2 is 2.03 bits per heavy atom. The van der Waals surface area contributed by atoms with Crippen LogP contribution in [0.2, 0.25) is 5.02 Å². The highest BCUT2D eigenvalue weighted by molar-refractivity contribution is 7.99. The highest BCUT2D eigenvalue weighted by atomic mass is 35.5. The molecule has 158 valence electrons. The van der Waals surface area contributed by atoms with Crippen molar-refractivity contribution in [3.05, 3.63) is 79.8 Å². The highest BCUT2D eigenvalue weighted by Gasteiger charge is 2.23. The molecule has 0 unspecified atom stereocenters. The molecule has 0 N–H and O–H groups in total. The number of aryl methyl sites for hydroxylation is 2. The Labute approximate surface area is 192 Å². The third kappa shape index (κ3) is 3.97. The van der Waals surface area contributed by atoms with Crippen molar-refractivity contribution in [1.29, 1.82) is 0 Å². The SMILES string of the molecule is O=C(CSc1nc2sc3c(c2c(=O)n1Cc1ccco1)CCCC3)c1ccccc1Cl. The van der Waals surface area contributed by atoms with E-state index < -0.39 is 0 Å². The molecular formula is C23H19ClN2O3S2. The molecule has 1 aliphatic carbocycles. The minimum Gasteiger partial charge on any atom is -0.467 e. The van der Waals surface area contributed by atoms with Gasteiger partial charge < -0.3 is 4.42 Å². The molecule has 3 heterocycles. The van der Waals surface area contributed by atoms with Crippen LogP contribution in [-0.2, 0) is 19.4 Å². The molecule has 8 heteroatoms. The summed E-state index contributed by atoms with van der Waals surface area (Å²) in [4.78, 5) is 33.1. The summed E-state index contributed by atoms with van der Waals surface area (Å²) in [6.45, 7) is 0.280. The fraction of sp³-hybridized carbons (Fsp3) is 0.261. The van der Waals surface area contributed by atoms with Crippen molar-refractivity contribution in [3.63, 3.8) is 0 Å². The molecule has 5 rings (SSSR count). The average Bonchev–Trinajstić information content (AvgIpc) is 3.42. The number of carbonyl (C=O) groups is 1. The number of thioether (sulfide) groups is 1. The summed E-state index contributed by atoms with van der Waals surface area (Å²) in [6.07, 6.45) is 5.76. The lowest BCUT2D eigenvalue weighted by Crippen LogP contribution is -2.24. The molecule has 0 atom stereocenters. The number of hydrogen-bond acceptors (Lipinski definition) is 6. The Morgan fingerprint density at radius 1 is 1.19 bits per heavy atom. The number of halogens is 1. The molecule has 4 aromatic rings. The Kier molecular flexibility index (Phi) is 5.73. The van der Waals surface area contributed by atoms with Gasteiger partial charge in [-0.25, -0.2) is 4.98 Å². The van der Waals surface area contributed by atoms with Crippen LogP contribution in [-0.4, -0.2) is 21.1 Å². The third-order valence-electron chi connectivity index (χ3n) is 5.44. The number of hydrogen-bond donors (Lipinski definition) is 0. The largest absolute Gasteiger partial charge is 0.467 e. The molecule has 5 nitrogen and oxygen atoms in total. The maximum absolute atomic E-state index is 13.5. The summed E-state index contributed by atoms with van der Waals surface area (Å²) < 4.78 is 7.12. The molecule has 0 aliphatic heterocycles. The van der Waals surface area contributed by atoms with Crippen LogP contribution in [0.5, 0.6) is 0 Å². The van der Waals surface area contributed by atoms with E-state index in [1.807, 2.05) is 6.07 Å². The standard InChI is InChI=1S/C23H19ClN2O3S2/c24-17-9-3-1-7-15(17)18(27)13-30-23-25-21-20(16-8-2-4-10-19(16)31-21)22(28)26(23)12-14-6-5-11-29-14/h1,3,5-7,9,11H,2,4,8,10,12-13H2. The molecule has 0 bridgehead atoms. The van der Waals surface area contributed by atoms with Crippen molar-refractivity contribution in [2.45, 2.75) is 37.4 Å². The van der Waals surface area contributed by atoms with Gasteiger partial charge in [-0.05, 0) is 55.5 Å². The first-order chi connectivity index (χ1) is 15.1. The normalized spacial score (nSPS) is 13.5. The lowest BCUT2D eigenvalue weighted by Gasteiger charge is -2.13. The van der Waals surface area contributed by atoms with Crippen LogP contribution in [0.25, 0.3) is 10.2 Å². The Morgan fingerprint density at radius 3 is 2.84 bits per heavy atom. The lowest BCUT2D eigenvalue weighted by molar-refractivity contribution is 0.102. The molecular weight excluding hydrogens is 452 g/mol. The van der Waals surface area contributed by atoms with Crippen LogP contribution in [0.4, 0.5) is 0 Å². The van der Waals surface area contributed by atoms with Gasteiger partial charge in [0.05, 0.1) is 29.0 Å².